The summed E-state index contributed by atoms with van der Waals surface area (Å²) in [7, 11) is 0. The van der Waals surface area contributed by atoms with E-state index in [1.165, 1.54) is 4.52 Å². The summed E-state index contributed by atoms with van der Waals surface area (Å²) in [5.41, 5.74) is 0.658. The highest BCUT2D eigenvalue weighted by Crippen LogP contribution is 2.11. The van der Waals surface area contributed by atoms with Crippen molar-refractivity contribution in [2.45, 2.75) is 6.10 Å². The van der Waals surface area contributed by atoms with E-state index >= 15 is 0 Å². The first-order chi connectivity index (χ1) is 7.69. The van der Waals surface area contributed by atoms with Gasteiger partial charge in [-0.15, -0.1) is 5.10 Å². The van der Waals surface area contributed by atoms with Crippen LogP contribution in [0.25, 0.3) is 5.65 Å². The molecular weight excluding hydrogens is 232 g/mol. The Bertz CT molecular complexity index is 487. The molecule has 0 bridgehead atoms. The Morgan fingerprint density at radius 1 is 1.50 bits per heavy atom. The fourth-order valence-electron chi connectivity index (χ4n) is 1.21. The minimum absolute atomic E-state index is 0.196. The first kappa shape index (κ1) is 11.1. The van der Waals surface area contributed by atoms with Crippen molar-refractivity contribution in [3.63, 3.8) is 0 Å². The molecule has 0 fully saturated rings. The summed E-state index contributed by atoms with van der Waals surface area (Å²) in [6.07, 6.45) is 0.813. The van der Waals surface area contributed by atoms with Crippen LogP contribution in [0, 0.1) is 0 Å². The molecule has 16 heavy (non-hydrogen) atoms. The van der Waals surface area contributed by atoms with E-state index in [4.69, 9.17) is 21.8 Å². The molecule has 2 aromatic heterocycles. The highest BCUT2D eigenvalue weighted by Gasteiger charge is 2.06. The number of pyridine rings is 1. The topological polar surface area (TPSA) is 82.7 Å². The Morgan fingerprint density at radius 2 is 2.31 bits per heavy atom. The molecule has 3 N–H and O–H groups in total. The average Bonchev–Trinajstić information content (AvgIpc) is 2.67. The number of hydrogen-bond donors (Lipinski definition) is 3. The molecular formula is C9H11ClN4O2. The van der Waals surface area contributed by atoms with E-state index in [1.54, 1.807) is 18.3 Å². The first-order valence-corrected chi connectivity index (χ1v) is 5.11. The second kappa shape index (κ2) is 4.65. The highest BCUT2D eigenvalue weighted by atomic mass is 35.5. The maximum absolute atomic E-state index is 9.14. The van der Waals surface area contributed by atoms with Crippen LogP contribution < -0.4 is 5.32 Å². The molecule has 0 amide bonds. The van der Waals surface area contributed by atoms with Crippen molar-refractivity contribution in [3.05, 3.63) is 23.4 Å². The van der Waals surface area contributed by atoms with E-state index in [-0.39, 0.29) is 13.2 Å². The van der Waals surface area contributed by atoms with Gasteiger partial charge in [0.25, 0.3) is 0 Å². The zero-order valence-corrected chi connectivity index (χ0v) is 9.09. The van der Waals surface area contributed by atoms with Crippen molar-refractivity contribution in [1.82, 2.24) is 14.6 Å². The zero-order chi connectivity index (χ0) is 11.5. The molecule has 1 unspecified atom stereocenters. The molecule has 7 heteroatoms. The number of rotatable bonds is 4. The Kier molecular flexibility index (Phi) is 3.23. The predicted octanol–water partition coefficient (Wildman–Crippen LogP) is 0.148. The van der Waals surface area contributed by atoms with Gasteiger partial charge < -0.3 is 15.5 Å². The van der Waals surface area contributed by atoms with Crippen LogP contribution in [0.2, 0.25) is 5.02 Å². The van der Waals surface area contributed by atoms with Crippen molar-refractivity contribution in [2.24, 2.45) is 0 Å². The fourth-order valence-corrected chi connectivity index (χ4v) is 1.36. The summed E-state index contributed by atoms with van der Waals surface area (Å²) < 4.78 is 1.54. The number of fused-ring (bicyclic) bond motifs is 1. The maximum Gasteiger partial charge on any atom is 0.243 e. The molecule has 0 saturated heterocycles. The lowest BCUT2D eigenvalue weighted by Crippen LogP contribution is -2.23. The second-order valence-electron chi connectivity index (χ2n) is 3.30. The Labute approximate surface area is 96.5 Å². The molecule has 2 aromatic rings. The van der Waals surface area contributed by atoms with Gasteiger partial charge in [-0.05, 0) is 12.1 Å². The van der Waals surface area contributed by atoms with Gasteiger partial charge in [-0.2, -0.15) is 4.98 Å². The van der Waals surface area contributed by atoms with E-state index < -0.39 is 6.10 Å². The third-order valence-corrected chi connectivity index (χ3v) is 2.23. The molecule has 1 atom stereocenters. The van der Waals surface area contributed by atoms with Crippen LogP contribution in [0.1, 0.15) is 0 Å². The third-order valence-electron chi connectivity index (χ3n) is 2.00. The quantitative estimate of drug-likeness (QED) is 0.711. The SMILES string of the molecule is OCC(O)CNc1nc2ccc(Cl)cn2n1. The summed E-state index contributed by atoms with van der Waals surface area (Å²) in [4.78, 5) is 4.15. The van der Waals surface area contributed by atoms with Crippen molar-refractivity contribution >= 4 is 23.2 Å². The van der Waals surface area contributed by atoms with Gasteiger partial charge in [0.2, 0.25) is 5.95 Å². The van der Waals surface area contributed by atoms with Gasteiger partial charge in [0.1, 0.15) is 0 Å². The lowest BCUT2D eigenvalue weighted by atomic mass is 10.4. The molecule has 0 aliphatic carbocycles. The van der Waals surface area contributed by atoms with Crippen molar-refractivity contribution < 1.29 is 10.2 Å². The number of hydrogen-bond acceptors (Lipinski definition) is 5. The zero-order valence-electron chi connectivity index (χ0n) is 8.34. The summed E-state index contributed by atoms with van der Waals surface area (Å²) >= 11 is 5.80. The molecule has 0 spiro atoms. The van der Waals surface area contributed by atoms with Gasteiger partial charge >= 0.3 is 0 Å². The lowest BCUT2D eigenvalue weighted by Gasteiger charge is -2.05. The molecule has 0 aliphatic heterocycles. The largest absolute Gasteiger partial charge is 0.394 e. The molecule has 2 rings (SSSR count). The summed E-state index contributed by atoms with van der Waals surface area (Å²) in [6, 6.07) is 3.46. The van der Waals surface area contributed by atoms with Crippen molar-refractivity contribution in [1.29, 1.82) is 0 Å². The van der Waals surface area contributed by atoms with Crippen molar-refractivity contribution in [2.75, 3.05) is 18.5 Å². The van der Waals surface area contributed by atoms with Gasteiger partial charge in [-0.25, -0.2) is 4.52 Å². The standard InChI is InChI=1S/C9H11ClN4O2/c10-6-1-2-8-12-9(13-14(8)4-6)11-3-7(16)5-15/h1-2,4,7,15-16H,3,5H2,(H,11,13). The molecule has 6 nitrogen and oxygen atoms in total. The molecule has 0 aliphatic rings. The van der Waals surface area contributed by atoms with E-state index in [0.29, 0.717) is 16.6 Å². The second-order valence-corrected chi connectivity index (χ2v) is 3.74. The number of nitrogens with one attached hydrogen (secondary N) is 1. The monoisotopic (exact) mass is 242 g/mol. The van der Waals surface area contributed by atoms with Crippen LogP contribution in [0.5, 0.6) is 0 Å². The van der Waals surface area contributed by atoms with Crippen LogP contribution in [-0.4, -0.2) is 44.1 Å². The molecule has 2 heterocycles. The number of anilines is 1. The van der Waals surface area contributed by atoms with Crippen molar-refractivity contribution in [3.8, 4) is 0 Å². The third kappa shape index (κ3) is 2.41. The molecule has 86 valence electrons. The van der Waals surface area contributed by atoms with Gasteiger partial charge in [0.15, 0.2) is 5.65 Å². The Hall–Kier alpha value is -1.37. The summed E-state index contributed by atoms with van der Waals surface area (Å²) in [5.74, 6) is 0.384. The lowest BCUT2D eigenvalue weighted by molar-refractivity contribution is 0.105. The van der Waals surface area contributed by atoms with E-state index in [1.807, 2.05) is 0 Å². The number of halogens is 1. The smallest absolute Gasteiger partial charge is 0.243 e. The molecule has 0 radical (unpaired) electrons. The van der Waals surface area contributed by atoms with Crippen LogP contribution in [0.15, 0.2) is 18.3 Å². The summed E-state index contributed by atoms with van der Waals surface area (Å²) in [5, 5.41) is 25.3. The average molecular weight is 243 g/mol. The van der Waals surface area contributed by atoms with E-state index in [2.05, 4.69) is 15.4 Å². The normalized spacial score (nSPS) is 12.9. The Balaban J connectivity index is 2.13. The van der Waals surface area contributed by atoms with Crippen LogP contribution in [0.3, 0.4) is 0 Å². The van der Waals surface area contributed by atoms with Crippen LogP contribution >= 0.6 is 11.6 Å². The van der Waals surface area contributed by atoms with Gasteiger partial charge in [0.05, 0.1) is 17.7 Å². The number of aromatic nitrogens is 3. The predicted molar refractivity (Wildman–Crippen MR) is 59.6 cm³/mol. The number of aliphatic hydroxyl groups excluding tert-OH is 2. The minimum Gasteiger partial charge on any atom is -0.394 e. The van der Waals surface area contributed by atoms with Gasteiger partial charge in [-0.3, -0.25) is 0 Å². The van der Waals surface area contributed by atoms with E-state index in [0.717, 1.165) is 0 Å². The number of aliphatic hydroxyl groups is 2. The molecule has 0 aromatic carbocycles. The van der Waals surface area contributed by atoms with Crippen LogP contribution in [-0.2, 0) is 0 Å². The first-order valence-electron chi connectivity index (χ1n) is 4.74. The number of nitrogens with zero attached hydrogens (tertiary/aromatic N) is 3. The van der Waals surface area contributed by atoms with Crippen LogP contribution in [0.4, 0.5) is 5.95 Å². The maximum atomic E-state index is 9.14. The fraction of sp³-hybridized carbons (Fsp3) is 0.333. The van der Waals surface area contributed by atoms with Gasteiger partial charge in [0, 0.05) is 12.7 Å². The minimum atomic E-state index is -0.824. The summed E-state index contributed by atoms with van der Waals surface area (Å²) in [6.45, 7) is -0.104. The van der Waals surface area contributed by atoms with Gasteiger partial charge in [-0.1, -0.05) is 11.6 Å². The Morgan fingerprint density at radius 3 is 3.06 bits per heavy atom. The molecule has 0 saturated carbocycles. The van der Waals surface area contributed by atoms with E-state index in [9.17, 15) is 0 Å². The highest BCUT2D eigenvalue weighted by molar-refractivity contribution is 6.30.